The lowest BCUT2D eigenvalue weighted by atomic mass is 10.1. The Morgan fingerprint density at radius 1 is 1.10 bits per heavy atom. The van der Waals surface area contributed by atoms with E-state index >= 15 is 0 Å². The van der Waals surface area contributed by atoms with Crippen LogP contribution in [0.5, 0.6) is 0 Å². The predicted molar refractivity (Wildman–Crippen MR) is 87.4 cm³/mol. The first-order valence-electron chi connectivity index (χ1n) is 8.01. The van der Waals surface area contributed by atoms with Gasteiger partial charge in [0.05, 0.1) is 0 Å². The number of unbranched alkanes of at least 4 members (excludes halogenated alkanes) is 3. The molecule has 0 aliphatic carbocycles. The van der Waals surface area contributed by atoms with Gasteiger partial charge in [-0.05, 0) is 26.7 Å². The maximum atomic E-state index is 4.52. The first-order chi connectivity index (χ1) is 9.65. The standard InChI is InChI=1S/C16H30N4/c1-5-7-8-9-10-13(3)18-15-12-14(4)19-16(20-15)17-11-6-2/h12-13H,5-11H2,1-4H3,(H2,17,18,19,20). The summed E-state index contributed by atoms with van der Waals surface area (Å²) in [6.07, 6.45) is 7.51. The SMILES string of the molecule is CCCCCCC(C)Nc1cc(C)nc(NCCC)n1. The minimum absolute atomic E-state index is 0.459. The lowest BCUT2D eigenvalue weighted by molar-refractivity contribution is 0.593. The number of hydrogen-bond donors (Lipinski definition) is 2. The summed E-state index contributed by atoms with van der Waals surface area (Å²) in [6.45, 7) is 9.53. The van der Waals surface area contributed by atoms with Gasteiger partial charge in [0, 0.05) is 24.3 Å². The Balaban J connectivity index is 2.47. The normalized spacial score (nSPS) is 12.2. The molecule has 0 spiro atoms. The zero-order valence-electron chi connectivity index (χ0n) is 13.5. The zero-order chi connectivity index (χ0) is 14.8. The lowest BCUT2D eigenvalue weighted by Crippen LogP contribution is -2.17. The van der Waals surface area contributed by atoms with Gasteiger partial charge in [0.15, 0.2) is 0 Å². The molecule has 0 saturated carbocycles. The largest absolute Gasteiger partial charge is 0.367 e. The van der Waals surface area contributed by atoms with Crippen LogP contribution in [-0.4, -0.2) is 22.6 Å². The Morgan fingerprint density at radius 2 is 1.90 bits per heavy atom. The number of anilines is 2. The summed E-state index contributed by atoms with van der Waals surface area (Å²) in [4.78, 5) is 8.93. The first-order valence-corrected chi connectivity index (χ1v) is 8.01. The number of hydrogen-bond acceptors (Lipinski definition) is 4. The molecule has 4 heteroatoms. The summed E-state index contributed by atoms with van der Waals surface area (Å²) in [7, 11) is 0. The van der Waals surface area contributed by atoms with Crippen molar-refractivity contribution < 1.29 is 0 Å². The van der Waals surface area contributed by atoms with Crippen LogP contribution in [0, 0.1) is 6.92 Å². The van der Waals surface area contributed by atoms with Crippen LogP contribution in [0.15, 0.2) is 6.07 Å². The molecule has 1 aromatic rings. The molecule has 0 fully saturated rings. The Bertz CT molecular complexity index is 379. The van der Waals surface area contributed by atoms with Gasteiger partial charge < -0.3 is 10.6 Å². The first kappa shape index (κ1) is 16.7. The number of nitrogens with zero attached hydrogens (tertiary/aromatic N) is 2. The predicted octanol–water partition coefficient (Wildman–Crippen LogP) is 4.38. The molecule has 0 aliphatic rings. The van der Waals surface area contributed by atoms with E-state index < -0.39 is 0 Å². The van der Waals surface area contributed by atoms with E-state index in [9.17, 15) is 0 Å². The highest BCUT2D eigenvalue weighted by atomic mass is 15.1. The smallest absolute Gasteiger partial charge is 0.224 e. The van der Waals surface area contributed by atoms with Crippen molar-refractivity contribution >= 4 is 11.8 Å². The van der Waals surface area contributed by atoms with Crippen LogP contribution in [0.4, 0.5) is 11.8 Å². The number of aryl methyl sites for hydroxylation is 1. The minimum Gasteiger partial charge on any atom is -0.367 e. The highest BCUT2D eigenvalue weighted by Gasteiger charge is 2.06. The number of aromatic nitrogens is 2. The zero-order valence-corrected chi connectivity index (χ0v) is 13.5. The Kier molecular flexibility index (Phi) is 8.00. The third kappa shape index (κ3) is 6.73. The van der Waals surface area contributed by atoms with Gasteiger partial charge in [0.25, 0.3) is 0 Å². The second-order valence-electron chi connectivity index (χ2n) is 5.54. The van der Waals surface area contributed by atoms with E-state index in [0.29, 0.717) is 6.04 Å². The molecular weight excluding hydrogens is 248 g/mol. The molecule has 20 heavy (non-hydrogen) atoms. The van der Waals surface area contributed by atoms with E-state index in [1.807, 2.05) is 13.0 Å². The molecule has 1 unspecified atom stereocenters. The average Bonchev–Trinajstić information content (AvgIpc) is 2.41. The Labute approximate surface area is 123 Å². The lowest BCUT2D eigenvalue weighted by Gasteiger charge is -2.15. The van der Waals surface area contributed by atoms with Gasteiger partial charge in [-0.3, -0.25) is 0 Å². The van der Waals surface area contributed by atoms with Gasteiger partial charge in [0.2, 0.25) is 5.95 Å². The molecule has 1 aromatic heterocycles. The highest BCUT2D eigenvalue weighted by molar-refractivity contribution is 5.42. The fourth-order valence-corrected chi connectivity index (χ4v) is 2.16. The van der Waals surface area contributed by atoms with E-state index in [1.54, 1.807) is 0 Å². The summed E-state index contributed by atoms with van der Waals surface area (Å²) in [6, 6.07) is 2.47. The Hall–Kier alpha value is -1.32. The molecule has 1 rings (SSSR count). The van der Waals surface area contributed by atoms with Crippen LogP contribution in [0.1, 0.15) is 65.0 Å². The fraction of sp³-hybridized carbons (Fsp3) is 0.750. The fourth-order valence-electron chi connectivity index (χ4n) is 2.16. The van der Waals surface area contributed by atoms with Crippen molar-refractivity contribution in [1.29, 1.82) is 0 Å². The molecule has 1 heterocycles. The molecule has 4 nitrogen and oxygen atoms in total. The van der Waals surface area contributed by atoms with E-state index in [2.05, 4.69) is 41.4 Å². The van der Waals surface area contributed by atoms with Crippen LogP contribution in [-0.2, 0) is 0 Å². The number of nitrogens with one attached hydrogen (secondary N) is 2. The summed E-state index contributed by atoms with van der Waals surface area (Å²) >= 11 is 0. The van der Waals surface area contributed by atoms with Crippen LogP contribution in [0.2, 0.25) is 0 Å². The monoisotopic (exact) mass is 278 g/mol. The molecule has 114 valence electrons. The van der Waals surface area contributed by atoms with Crippen molar-refractivity contribution in [2.24, 2.45) is 0 Å². The van der Waals surface area contributed by atoms with E-state index in [1.165, 1.54) is 32.1 Å². The topological polar surface area (TPSA) is 49.8 Å². The molecule has 0 aromatic carbocycles. The van der Waals surface area contributed by atoms with Gasteiger partial charge in [0.1, 0.15) is 5.82 Å². The molecule has 0 bridgehead atoms. The van der Waals surface area contributed by atoms with Gasteiger partial charge >= 0.3 is 0 Å². The van der Waals surface area contributed by atoms with Crippen LogP contribution < -0.4 is 10.6 Å². The average molecular weight is 278 g/mol. The van der Waals surface area contributed by atoms with Crippen LogP contribution in [0.3, 0.4) is 0 Å². The van der Waals surface area contributed by atoms with Crippen molar-refractivity contribution in [3.8, 4) is 0 Å². The minimum atomic E-state index is 0.459. The van der Waals surface area contributed by atoms with Crippen molar-refractivity contribution in [3.05, 3.63) is 11.8 Å². The third-order valence-corrected chi connectivity index (χ3v) is 3.27. The Morgan fingerprint density at radius 3 is 2.60 bits per heavy atom. The molecule has 1 atom stereocenters. The second kappa shape index (κ2) is 9.56. The third-order valence-electron chi connectivity index (χ3n) is 3.27. The van der Waals surface area contributed by atoms with Crippen LogP contribution >= 0.6 is 0 Å². The van der Waals surface area contributed by atoms with Crippen molar-refractivity contribution in [2.45, 2.75) is 72.3 Å². The van der Waals surface area contributed by atoms with Gasteiger partial charge in [-0.2, -0.15) is 4.98 Å². The summed E-state index contributed by atoms with van der Waals surface area (Å²) in [5.41, 5.74) is 0.999. The van der Waals surface area contributed by atoms with E-state index in [0.717, 1.165) is 30.4 Å². The molecule has 0 saturated heterocycles. The van der Waals surface area contributed by atoms with Gasteiger partial charge in [-0.25, -0.2) is 4.98 Å². The highest BCUT2D eigenvalue weighted by Crippen LogP contribution is 2.13. The summed E-state index contributed by atoms with van der Waals surface area (Å²) < 4.78 is 0. The molecule has 0 amide bonds. The maximum Gasteiger partial charge on any atom is 0.224 e. The van der Waals surface area contributed by atoms with Crippen molar-refractivity contribution in [3.63, 3.8) is 0 Å². The van der Waals surface area contributed by atoms with Gasteiger partial charge in [-0.1, -0.05) is 39.5 Å². The van der Waals surface area contributed by atoms with Crippen molar-refractivity contribution in [2.75, 3.05) is 17.2 Å². The van der Waals surface area contributed by atoms with Crippen LogP contribution in [0.25, 0.3) is 0 Å². The second-order valence-corrected chi connectivity index (χ2v) is 5.54. The molecular formula is C16H30N4. The van der Waals surface area contributed by atoms with Crippen molar-refractivity contribution in [1.82, 2.24) is 9.97 Å². The van der Waals surface area contributed by atoms with Gasteiger partial charge in [-0.15, -0.1) is 0 Å². The quantitative estimate of drug-likeness (QED) is 0.624. The molecule has 0 radical (unpaired) electrons. The number of rotatable bonds is 10. The maximum absolute atomic E-state index is 4.52. The van der Waals surface area contributed by atoms with E-state index in [-0.39, 0.29) is 0 Å². The summed E-state index contributed by atoms with van der Waals surface area (Å²) in [5, 5.41) is 6.73. The molecule has 2 N–H and O–H groups in total. The van der Waals surface area contributed by atoms with E-state index in [4.69, 9.17) is 0 Å². The molecule has 0 aliphatic heterocycles. The summed E-state index contributed by atoms with van der Waals surface area (Å²) in [5.74, 6) is 1.66.